The fourth-order valence-electron chi connectivity index (χ4n) is 3.00. The van der Waals surface area contributed by atoms with E-state index in [4.69, 9.17) is 4.74 Å². The Balaban J connectivity index is 1.90. The van der Waals surface area contributed by atoms with Crippen molar-refractivity contribution in [2.75, 3.05) is 13.7 Å². The first kappa shape index (κ1) is 22.6. The molecular weight excluding hydrogens is 439 g/mol. The second-order valence-electron chi connectivity index (χ2n) is 6.65. The van der Waals surface area contributed by atoms with Crippen LogP contribution in [0.15, 0.2) is 59.5 Å². The number of imide groups is 1. The summed E-state index contributed by atoms with van der Waals surface area (Å²) in [6.07, 6.45) is -5.35. The Kier molecular flexibility index (Phi) is 5.96. The number of carbonyl (C=O) groups is 2. The van der Waals surface area contributed by atoms with E-state index in [1.807, 2.05) is 0 Å². The third-order valence-corrected chi connectivity index (χ3v) is 6.12. The van der Waals surface area contributed by atoms with Crippen molar-refractivity contribution in [2.24, 2.45) is 0 Å². The van der Waals surface area contributed by atoms with Crippen molar-refractivity contribution in [2.45, 2.75) is 23.2 Å². The van der Waals surface area contributed by atoms with Crippen LogP contribution in [-0.4, -0.2) is 50.7 Å². The number of benzene rings is 2. The molecule has 31 heavy (non-hydrogen) atoms. The van der Waals surface area contributed by atoms with Gasteiger partial charge in [0.1, 0.15) is 5.75 Å². The molecule has 1 heterocycles. The second kappa shape index (κ2) is 8.19. The molecule has 166 valence electrons. The van der Waals surface area contributed by atoms with Gasteiger partial charge >= 0.3 is 12.2 Å². The van der Waals surface area contributed by atoms with Gasteiger partial charge in [-0.25, -0.2) is 13.2 Å². The molecule has 2 aromatic carbocycles. The van der Waals surface area contributed by atoms with E-state index in [1.165, 1.54) is 29.3 Å². The van der Waals surface area contributed by atoms with Crippen LogP contribution in [0.4, 0.5) is 18.0 Å². The Morgan fingerprint density at radius 2 is 1.68 bits per heavy atom. The number of carbonyl (C=O) groups excluding carboxylic acids is 2. The lowest BCUT2D eigenvalue weighted by Gasteiger charge is -2.29. The van der Waals surface area contributed by atoms with Crippen molar-refractivity contribution >= 4 is 22.0 Å². The minimum Gasteiger partial charge on any atom is -0.497 e. The predicted molar refractivity (Wildman–Crippen MR) is 102 cm³/mol. The lowest BCUT2D eigenvalue weighted by molar-refractivity contribution is -0.198. The van der Waals surface area contributed by atoms with Crippen LogP contribution in [-0.2, 0) is 21.2 Å². The van der Waals surface area contributed by atoms with Gasteiger partial charge in [0.2, 0.25) is 10.0 Å². The largest absolute Gasteiger partial charge is 0.497 e. The number of sulfonamides is 1. The molecule has 1 saturated heterocycles. The zero-order chi connectivity index (χ0) is 22.9. The van der Waals surface area contributed by atoms with Gasteiger partial charge in [-0.15, -0.1) is 0 Å². The van der Waals surface area contributed by atoms with Crippen molar-refractivity contribution in [1.29, 1.82) is 0 Å². The molecule has 1 atom stereocenters. The number of hydrogen-bond donors (Lipinski definition) is 2. The van der Waals surface area contributed by atoms with Crippen LogP contribution < -0.4 is 14.8 Å². The molecule has 2 N–H and O–H groups in total. The SMILES string of the molecule is COc1ccc(S(=O)(=O)N[C@@]2(C(F)(F)F)NC(=O)N(CCc3ccccc3)C2=O)cc1. The highest BCUT2D eigenvalue weighted by molar-refractivity contribution is 7.89. The average Bonchev–Trinajstić information content (AvgIpc) is 2.97. The fourth-order valence-corrected chi connectivity index (χ4v) is 4.27. The monoisotopic (exact) mass is 457 g/mol. The Morgan fingerprint density at radius 1 is 1.06 bits per heavy atom. The number of hydrogen-bond acceptors (Lipinski definition) is 5. The molecule has 0 spiro atoms. The zero-order valence-electron chi connectivity index (χ0n) is 16.1. The van der Waals surface area contributed by atoms with Gasteiger partial charge in [-0.2, -0.15) is 17.9 Å². The molecular formula is C19H18F3N3O5S. The second-order valence-corrected chi connectivity index (χ2v) is 8.33. The lowest BCUT2D eigenvalue weighted by atomic mass is 10.1. The highest BCUT2D eigenvalue weighted by Crippen LogP contribution is 2.35. The molecule has 8 nitrogen and oxygen atoms in total. The number of amides is 3. The average molecular weight is 457 g/mol. The summed E-state index contributed by atoms with van der Waals surface area (Å²) >= 11 is 0. The maximum Gasteiger partial charge on any atom is 0.435 e. The van der Waals surface area contributed by atoms with Crippen LogP contribution in [0.5, 0.6) is 5.75 Å². The summed E-state index contributed by atoms with van der Waals surface area (Å²) in [5, 5.41) is 1.49. The number of halogens is 3. The summed E-state index contributed by atoms with van der Waals surface area (Å²) in [7, 11) is -3.51. The van der Waals surface area contributed by atoms with E-state index < -0.39 is 38.7 Å². The smallest absolute Gasteiger partial charge is 0.435 e. The minimum absolute atomic E-state index is 0.0964. The van der Waals surface area contributed by atoms with Gasteiger partial charge in [0, 0.05) is 6.54 Å². The number of nitrogens with zero attached hydrogens (tertiary/aromatic N) is 1. The van der Waals surface area contributed by atoms with E-state index in [0.29, 0.717) is 10.5 Å². The summed E-state index contributed by atoms with van der Waals surface area (Å²) < 4.78 is 73.2. The van der Waals surface area contributed by atoms with Crippen molar-refractivity contribution in [3.63, 3.8) is 0 Å². The molecule has 12 heteroatoms. The molecule has 0 unspecified atom stereocenters. The van der Waals surface area contributed by atoms with Crippen LogP contribution in [0.25, 0.3) is 0 Å². The molecule has 0 radical (unpaired) electrons. The Bertz CT molecular complexity index is 1080. The van der Waals surface area contributed by atoms with Crippen LogP contribution in [0.2, 0.25) is 0 Å². The predicted octanol–water partition coefficient (Wildman–Crippen LogP) is 2.03. The van der Waals surface area contributed by atoms with Gasteiger partial charge in [0.25, 0.3) is 11.6 Å². The normalized spacial score (nSPS) is 19.4. The summed E-state index contributed by atoms with van der Waals surface area (Å²) in [4.78, 5) is 24.7. The number of rotatable bonds is 7. The molecule has 1 aliphatic rings. The summed E-state index contributed by atoms with van der Waals surface area (Å²) in [5.41, 5.74) is -3.13. The van der Waals surface area contributed by atoms with Crippen LogP contribution in [0.1, 0.15) is 5.56 Å². The number of nitrogens with one attached hydrogen (secondary N) is 2. The summed E-state index contributed by atoms with van der Waals surface area (Å²) in [6, 6.07) is 11.6. The minimum atomic E-state index is -5.44. The topological polar surface area (TPSA) is 105 Å². The van der Waals surface area contributed by atoms with Gasteiger partial charge in [0.15, 0.2) is 0 Å². The Morgan fingerprint density at radius 3 is 2.23 bits per heavy atom. The first-order valence-corrected chi connectivity index (χ1v) is 10.4. The van der Waals surface area contributed by atoms with Gasteiger partial charge in [-0.3, -0.25) is 9.69 Å². The molecule has 1 aliphatic heterocycles. The van der Waals surface area contributed by atoms with Crippen molar-refractivity contribution < 1.29 is 35.9 Å². The molecule has 3 rings (SSSR count). The molecule has 0 bridgehead atoms. The Hall–Kier alpha value is -3.12. The molecule has 0 aliphatic carbocycles. The van der Waals surface area contributed by atoms with Crippen molar-refractivity contribution in [3.8, 4) is 5.75 Å². The zero-order valence-corrected chi connectivity index (χ0v) is 17.0. The van der Waals surface area contributed by atoms with E-state index in [0.717, 1.165) is 12.1 Å². The summed E-state index contributed by atoms with van der Waals surface area (Å²) in [6.45, 7) is -0.364. The van der Waals surface area contributed by atoms with E-state index >= 15 is 0 Å². The quantitative estimate of drug-likeness (QED) is 0.619. The first-order valence-electron chi connectivity index (χ1n) is 8.93. The van der Waals surface area contributed by atoms with Crippen LogP contribution >= 0.6 is 0 Å². The third kappa shape index (κ3) is 4.35. The van der Waals surface area contributed by atoms with E-state index in [1.54, 1.807) is 30.3 Å². The van der Waals surface area contributed by atoms with Gasteiger partial charge < -0.3 is 10.1 Å². The van der Waals surface area contributed by atoms with Gasteiger partial charge in [-0.05, 0) is 36.2 Å². The lowest BCUT2D eigenvalue weighted by Crippen LogP contribution is -2.69. The summed E-state index contributed by atoms with van der Waals surface area (Å²) in [5.74, 6) is -1.47. The maximum atomic E-state index is 13.9. The number of ether oxygens (including phenoxy) is 1. The first-order chi connectivity index (χ1) is 14.5. The van der Waals surface area contributed by atoms with Crippen molar-refractivity contribution in [1.82, 2.24) is 14.9 Å². The van der Waals surface area contributed by atoms with Gasteiger partial charge in [0.05, 0.1) is 12.0 Å². The molecule has 0 saturated carbocycles. The number of alkyl halides is 3. The van der Waals surface area contributed by atoms with E-state index in [9.17, 15) is 31.2 Å². The van der Waals surface area contributed by atoms with Crippen LogP contribution in [0.3, 0.4) is 0 Å². The maximum absolute atomic E-state index is 13.9. The van der Waals surface area contributed by atoms with Crippen LogP contribution in [0, 0.1) is 0 Å². The standard InChI is InChI=1S/C19H18F3N3O5S/c1-30-14-7-9-15(10-8-14)31(28,29)24-18(19(20,21)22)16(26)25(17(27)23-18)12-11-13-5-3-2-4-6-13/h2-10,24H,11-12H2,1H3,(H,23,27)/t18-/m0/s1. The third-order valence-electron chi connectivity index (χ3n) is 4.65. The van der Waals surface area contributed by atoms with Crippen molar-refractivity contribution in [3.05, 3.63) is 60.2 Å². The molecule has 1 fully saturated rings. The molecule has 2 aromatic rings. The Labute approximate surface area is 176 Å². The number of methoxy groups -OCH3 is 1. The van der Waals surface area contributed by atoms with Gasteiger partial charge in [-0.1, -0.05) is 30.3 Å². The molecule has 3 amide bonds. The molecule has 0 aromatic heterocycles. The number of urea groups is 1. The highest BCUT2D eigenvalue weighted by atomic mass is 32.2. The van der Waals surface area contributed by atoms with E-state index in [-0.39, 0.29) is 18.7 Å². The van der Waals surface area contributed by atoms with E-state index in [2.05, 4.69) is 0 Å². The fraction of sp³-hybridized carbons (Fsp3) is 0.263. The highest BCUT2D eigenvalue weighted by Gasteiger charge is 2.69.